The molecule has 5 aromatic rings. The van der Waals surface area contributed by atoms with Gasteiger partial charge in [0.15, 0.2) is 17.6 Å². The summed E-state index contributed by atoms with van der Waals surface area (Å²) in [5.74, 6) is 1.13. The number of hydrogen-bond acceptors (Lipinski definition) is 7. The van der Waals surface area contributed by atoms with E-state index in [0.29, 0.717) is 52.2 Å². The SMILES string of the molecule is COCCNC(=O)[C@@H](C)Oc1ccc2c(c1)c1ccnc3c4ccc(OC)c(OC)c4c(=O)n2c13. The first-order chi connectivity index (χ1) is 17.0. The topological polar surface area (TPSA) is 100 Å². The molecule has 0 radical (unpaired) electrons. The molecule has 0 saturated carbocycles. The fourth-order valence-corrected chi connectivity index (χ4v) is 4.55. The van der Waals surface area contributed by atoms with Gasteiger partial charge in [-0.2, -0.15) is 0 Å². The Labute approximate surface area is 200 Å². The van der Waals surface area contributed by atoms with E-state index in [2.05, 4.69) is 10.3 Å². The highest BCUT2D eigenvalue weighted by Crippen LogP contribution is 2.39. The van der Waals surface area contributed by atoms with Crippen molar-refractivity contribution in [3.05, 3.63) is 52.9 Å². The molecular formula is C26H25N3O6. The van der Waals surface area contributed by atoms with E-state index in [4.69, 9.17) is 18.9 Å². The molecular weight excluding hydrogens is 450 g/mol. The number of hydrogen-bond donors (Lipinski definition) is 1. The number of pyridine rings is 2. The number of nitrogens with one attached hydrogen (secondary N) is 1. The Morgan fingerprint density at radius 3 is 2.63 bits per heavy atom. The van der Waals surface area contributed by atoms with Gasteiger partial charge in [0.1, 0.15) is 5.75 Å². The van der Waals surface area contributed by atoms with Gasteiger partial charge in [0.05, 0.1) is 42.8 Å². The number of nitrogens with zero attached hydrogens (tertiary/aromatic N) is 2. The normalized spacial score (nSPS) is 12.5. The van der Waals surface area contributed by atoms with Crippen molar-refractivity contribution in [2.24, 2.45) is 0 Å². The van der Waals surface area contributed by atoms with Crippen LogP contribution in [0.3, 0.4) is 0 Å². The zero-order chi connectivity index (χ0) is 24.7. The summed E-state index contributed by atoms with van der Waals surface area (Å²) in [6.45, 7) is 2.52. The minimum atomic E-state index is -0.701. The van der Waals surface area contributed by atoms with Crippen molar-refractivity contribution in [1.29, 1.82) is 0 Å². The largest absolute Gasteiger partial charge is 0.493 e. The molecule has 3 heterocycles. The molecule has 1 N–H and O–H groups in total. The van der Waals surface area contributed by atoms with Crippen molar-refractivity contribution in [2.75, 3.05) is 34.5 Å². The van der Waals surface area contributed by atoms with Crippen molar-refractivity contribution in [1.82, 2.24) is 14.7 Å². The van der Waals surface area contributed by atoms with Crippen molar-refractivity contribution in [2.45, 2.75) is 13.0 Å². The van der Waals surface area contributed by atoms with Crippen molar-refractivity contribution in [3.8, 4) is 17.2 Å². The Bertz CT molecular complexity index is 1630. The average molecular weight is 476 g/mol. The lowest BCUT2D eigenvalue weighted by Crippen LogP contribution is -2.37. The summed E-state index contributed by atoms with van der Waals surface area (Å²) in [6, 6.07) is 10.9. The molecule has 3 aromatic heterocycles. The first kappa shape index (κ1) is 22.7. The van der Waals surface area contributed by atoms with Crippen molar-refractivity contribution >= 4 is 44.0 Å². The highest BCUT2D eigenvalue weighted by molar-refractivity contribution is 6.19. The Kier molecular flexibility index (Phi) is 5.78. The van der Waals surface area contributed by atoms with Crippen LogP contribution in [-0.2, 0) is 9.53 Å². The summed E-state index contributed by atoms with van der Waals surface area (Å²) in [7, 11) is 4.62. The summed E-state index contributed by atoms with van der Waals surface area (Å²) in [5, 5.41) is 5.54. The van der Waals surface area contributed by atoms with Gasteiger partial charge >= 0.3 is 0 Å². The number of amides is 1. The first-order valence-corrected chi connectivity index (χ1v) is 11.2. The number of carbonyl (C=O) groups excluding carboxylic acids is 1. The maximum Gasteiger partial charge on any atom is 0.267 e. The van der Waals surface area contributed by atoms with Gasteiger partial charge in [-0.15, -0.1) is 0 Å². The summed E-state index contributed by atoms with van der Waals surface area (Å²) < 4.78 is 23.5. The highest BCUT2D eigenvalue weighted by Gasteiger charge is 2.22. The van der Waals surface area contributed by atoms with Gasteiger partial charge in [0, 0.05) is 36.0 Å². The summed E-state index contributed by atoms with van der Waals surface area (Å²) >= 11 is 0. The third-order valence-electron chi connectivity index (χ3n) is 6.15. The number of methoxy groups -OCH3 is 3. The van der Waals surface area contributed by atoms with Crippen LogP contribution in [0, 0.1) is 0 Å². The van der Waals surface area contributed by atoms with Gasteiger partial charge in [0.2, 0.25) is 0 Å². The Morgan fingerprint density at radius 2 is 1.89 bits per heavy atom. The van der Waals surface area contributed by atoms with Crippen molar-refractivity contribution in [3.63, 3.8) is 0 Å². The number of rotatable bonds is 8. The van der Waals surface area contributed by atoms with Crippen LogP contribution in [0.4, 0.5) is 0 Å². The van der Waals surface area contributed by atoms with E-state index >= 15 is 0 Å². The monoisotopic (exact) mass is 475 g/mol. The van der Waals surface area contributed by atoms with Gasteiger partial charge in [-0.3, -0.25) is 19.0 Å². The van der Waals surface area contributed by atoms with Gasteiger partial charge in [0.25, 0.3) is 11.5 Å². The van der Waals surface area contributed by atoms with E-state index in [9.17, 15) is 9.59 Å². The van der Waals surface area contributed by atoms with E-state index in [1.165, 1.54) is 14.2 Å². The minimum Gasteiger partial charge on any atom is -0.493 e. The van der Waals surface area contributed by atoms with Crippen molar-refractivity contribution < 1.29 is 23.7 Å². The summed E-state index contributed by atoms with van der Waals surface area (Å²) in [6.07, 6.45) is 1.02. The van der Waals surface area contributed by atoms with Gasteiger partial charge in [-0.05, 0) is 43.3 Å². The van der Waals surface area contributed by atoms with Crippen LogP contribution in [-0.4, -0.2) is 55.9 Å². The van der Waals surface area contributed by atoms with Gasteiger partial charge in [-0.25, -0.2) is 0 Å². The van der Waals surface area contributed by atoms with Crippen LogP contribution < -0.4 is 25.1 Å². The maximum atomic E-state index is 13.8. The highest BCUT2D eigenvalue weighted by atomic mass is 16.5. The second-order valence-corrected chi connectivity index (χ2v) is 8.14. The lowest BCUT2D eigenvalue weighted by molar-refractivity contribution is -0.127. The number of carbonyl (C=O) groups is 1. The first-order valence-electron chi connectivity index (χ1n) is 11.2. The van der Waals surface area contributed by atoms with E-state index in [0.717, 1.165) is 16.3 Å². The number of ether oxygens (including phenoxy) is 4. The molecule has 35 heavy (non-hydrogen) atoms. The zero-order valence-corrected chi connectivity index (χ0v) is 19.9. The van der Waals surface area contributed by atoms with E-state index in [1.54, 1.807) is 36.8 Å². The molecule has 1 atom stereocenters. The molecule has 0 saturated heterocycles. The van der Waals surface area contributed by atoms with Gasteiger partial charge in [-0.1, -0.05) is 0 Å². The van der Waals surface area contributed by atoms with Crippen LogP contribution in [0.15, 0.2) is 47.4 Å². The molecule has 5 rings (SSSR count). The molecule has 1 amide bonds. The second kappa shape index (κ2) is 8.92. The van der Waals surface area contributed by atoms with Crippen LogP contribution in [0.25, 0.3) is 38.1 Å². The Balaban J connectivity index is 1.69. The standard InChI is InChI=1S/C26H25N3O6/c1-14(25(30)28-11-12-32-2)35-15-5-7-19-18(13-15)16-9-10-27-22-17-6-8-20(33-3)24(34-4)21(17)26(31)29(19)23(16)22/h5-10,13-14H,11-12H2,1-4H3,(H,28,30)/t14-/m1/s1. The maximum absolute atomic E-state index is 13.8. The predicted molar refractivity (Wildman–Crippen MR) is 133 cm³/mol. The number of aromatic nitrogens is 2. The summed E-state index contributed by atoms with van der Waals surface area (Å²) in [5.41, 5.74) is 1.88. The molecule has 0 aliphatic heterocycles. The molecule has 2 aromatic carbocycles. The number of fused-ring (bicyclic) bond motifs is 5. The predicted octanol–water partition coefficient (Wildman–Crippen LogP) is 3.14. The molecule has 0 aliphatic rings. The van der Waals surface area contributed by atoms with Crippen LogP contribution in [0.5, 0.6) is 17.2 Å². The third-order valence-corrected chi connectivity index (χ3v) is 6.15. The lowest BCUT2D eigenvalue weighted by atomic mass is 10.1. The summed E-state index contributed by atoms with van der Waals surface area (Å²) in [4.78, 5) is 30.7. The fraction of sp³-hybridized carbons (Fsp3) is 0.269. The number of benzene rings is 2. The fourth-order valence-electron chi connectivity index (χ4n) is 4.55. The third kappa shape index (κ3) is 3.55. The average Bonchev–Trinajstić information content (AvgIpc) is 3.21. The lowest BCUT2D eigenvalue weighted by Gasteiger charge is -2.14. The quantitative estimate of drug-likeness (QED) is 0.272. The van der Waals surface area contributed by atoms with E-state index < -0.39 is 6.10 Å². The molecule has 0 aliphatic carbocycles. The van der Waals surface area contributed by atoms with Gasteiger partial charge < -0.3 is 24.3 Å². The molecule has 9 heteroatoms. The Hall–Kier alpha value is -4.11. The van der Waals surface area contributed by atoms with Crippen LogP contribution in [0.2, 0.25) is 0 Å². The molecule has 0 spiro atoms. The smallest absolute Gasteiger partial charge is 0.267 e. The molecule has 180 valence electrons. The molecule has 0 fully saturated rings. The van der Waals surface area contributed by atoms with Crippen LogP contribution >= 0.6 is 0 Å². The van der Waals surface area contributed by atoms with Crippen LogP contribution in [0.1, 0.15) is 6.92 Å². The molecule has 9 nitrogen and oxygen atoms in total. The minimum absolute atomic E-state index is 0.226. The zero-order valence-electron chi connectivity index (χ0n) is 19.9. The Morgan fingerprint density at radius 1 is 1.06 bits per heavy atom. The molecule has 0 bridgehead atoms. The van der Waals surface area contributed by atoms with E-state index in [1.807, 2.05) is 24.3 Å². The molecule has 0 unspecified atom stereocenters. The second-order valence-electron chi connectivity index (χ2n) is 8.14. The van der Waals surface area contributed by atoms with E-state index in [-0.39, 0.29) is 11.5 Å².